The van der Waals surface area contributed by atoms with E-state index in [9.17, 15) is 4.79 Å². The lowest BCUT2D eigenvalue weighted by atomic mass is 9.89. The molecule has 0 atom stereocenters. The van der Waals surface area contributed by atoms with Gasteiger partial charge in [-0.3, -0.25) is 4.79 Å². The zero-order valence-electron chi connectivity index (χ0n) is 13.0. The minimum atomic E-state index is 0. The Kier molecular flexibility index (Phi) is 12.2. The van der Waals surface area contributed by atoms with Crippen LogP contribution in [0.4, 0.5) is 0 Å². The molecule has 0 aromatic carbocycles. The van der Waals surface area contributed by atoms with Gasteiger partial charge >= 0.3 is 0 Å². The molecule has 1 aliphatic carbocycles. The Morgan fingerprint density at radius 1 is 1.30 bits per heavy atom. The predicted molar refractivity (Wildman–Crippen MR) is 85.4 cm³/mol. The van der Waals surface area contributed by atoms with Crippen LogP contribution in [-0.2, 0) is 9.53 Å². The number of amides is 1. The van der Waals surface area contributed by atoms with Crippen molar-refractivity contribution in [2.75, 3.05) is 39.9 Å². The number of rotatable bonds is 9. The second-order valence-corrected chi connectivity index (χ2v) is 5.51. The summed E-state index contributed by atoms with van der Waals surface area (Å²) in [5, 5.41) is 3.15. The number of halogens is 1. The van der Waals surface area contributed by atoms with E-state index in [4.69, 9.17) is 4.74 Å². The molecule has 0 aromatic heterocycles. The van der Waals surface area contributed by atoms with Crippen LogP contribution in [0.3, 0.4) is 0 Å². The largest absolute Gasteiger partial charge is 0.383 e. The fourth-order valence-electron chi connectivity index (χ4n) is 2.75. The van der Waals surface area contributed by atoms with Crippen molar-refractivity contribution in [2.24, 2.45) is 5.92 Å². The minimum absolute atomic E-state index is 0. The van der Waals surface area contributed by atoms with E-state index in [-0.39, 0.29) is 18.3 Å². The van der Waals surface area contributed by atoms with Gasteiger partial charge in [0.05, 0.1) is 13.2 Å². The van der Waals surface area contributed by atoms with Crippen LogP contribution in [-0.4, -0.2) is 50.7 Å². The summed E-state index contributed by atoms with van der Waals surface area (Å²) in [7, 11) is 1.68. The first-order valence-electron chi connectivity index (χ1n) is 7.75. The van der Waals surface area contributed by atoms with Gasteiger partial charge < -0.3 is 15.0 Å². The number of carbonyl (C=O) groups is 1. The normalized spacial score (nSPS) is 15.7. The number of hydrogen-bond donors (Lipinski definition) is 1. The summed E-state index contributed by atoms with van der Waals surface area (Å²) in [6, 6.07) is 0. The molecular weight excluding hydrogens is 276 g/mol. The zero-order chi connectivity index (χ0) is 13.9. The second kappa shape index (κ2) is 12.4. The average Bonchev–Trinajstić information content (AvgIpc) is 2.44. The van der Waals surface area contributed by atoms with Crippen molar-refractivity contribution in [3.63, 3.8) is 0 Å². The molecule has 0 heterocycles. The highest BCUT2D eigenvalue weighted by atomic mass is 35.5. The Morgan fingerprint density at radius 3 is 2.60 bits per heavy atom. The molecule has 1 N–H and O–H groups in total. The van der Waals surface area contributed by atoms with Gasteiger partial charge in [-0.25, -0.2) is 0 Å². The maximum absolute atomic E-state index is 12.2. The first kappa shape index (κ1) is 19.7. The highest BCUT2D eigenvalue weighted by Gasteiger charge is 2.19. The third kappa shape index (κ3) is 8.08. The molecule has 20 heavy (non-hydrogen) atoms. The molecule has 0 saturated heterocycles. The molecule has 1 fully saturated rings. The highest BCUT2D eigenvalue weighted by Crippen LogP contribution is 2.24. The summed E-state index contributed by atoms with van der Waals surface area (Å²) in [6.45, 7) is 5.82. The van der Waals surface area contributed by atoms with Crippen LogP contribution < -0.4 is 5.32 Å². The zero-order valence-corrected chi connectivity index (χ0v) is 13.8. The average molecular weight is 307 g/mol. The Hall–Kier alpha value is -0.320. The van der Waals surface area contributed by atoms with Gasteiger partial charge in [-0.15, -0.1) is 12.4 Å². The predicted octanol–water partition coefficient (Wildman–Crippen LogP) is 2.46. The summed E-state index contributed by atoms with van der Waals surface area (Å²) < 4.78 is 4.97. The number of methoxy groups -OCH3 is 1. The van der Waals surface area contributed by atoms with E-state index >= 15 is 0 Å². The van der Waals surface area contributed by atoms with Crippen LogP contribution in [0, 0.1) is 5.92 Å². The van der Waals surface area contributed by atoms with Crippen molar-refractivity contribution < 1.29 is 9.53 Å². The van der Waals surface area contributed by atoms with E-state index < -0.39 is 0 Å². The summed E-state index contributed by atoms with van der Waals surface area (Å²) in [5.74, 6) is 0.965. The third-order valence-electron chi connectivity index (χ3n) is 3.81. The van der Waals surface area contributed by atoms with Crippen LogP contribution in [0.2, 0.25) is 0 Å². The van der Waals surface area contributed by atoms with Gasteiger partial charge in [-0.2, -0.15) is 0 Å². The smallest absolute Gasteiger partial charge is 0.236 e. The Bertz CT molecular complexity index is 246. The first-order chi connectivity index (χ1) is 9.27. The second-order valence-electron chi connectivity index (χ2n) is 5.51. The number of nitrogens with one attached hydrogen (secondary N) is 1. The molecule has 0 aromatic rings. The monoisotopic (exact) mass is 306 g/mol. The molecule has 4 nitrogen and oxygen atoms in total. The van der Waals surface area contributed by atoms with Crippen LogP contribution in [0.1, 0.15) is 45.4 Å². The SMILES string of the molecule is CCCN(CC1CCCCC1)C(=O)CNCCOC.Cl. The van der Waals surface area contributed by atoms with E-state index in [2.05, 4.69) is 17.1 Å². The lowest BCUT2D eigenvalue weighted by Crippen LogP contribution is -2.42. The van der Waals surface area contributed by atoms with Crippen molar-refractivity contribution in [3.05, 3.63) is 0 Å². The number of ether oxygens (including phenoxy) is 1. The summed E-state index contributed by atoms with van der Waals surface area (Å²) in [4.78, 5) is 14.2. The Balaban J connectivity index is 0.00000361. The van der Waals surface area contributed by atoms with E-state index in [1.165, 1.54) is 32.1 Å². The van der Waals surface area contributed by atoms with Gasteiger partial charge in [0.2, 0.25) is 5.91 Å². The van der Waals surface area contributed by atoms with Crippen molar-refractivity contribution >= 4 is 18.3 Å². The maximum Gasteiger partial charge on any atom is 0.236 e. The molecule has 5 heteroatoms. The fraction of sp³-hybridized carbons (Fsp3) is 0.933. The highest BCUT2D eigenvalue weighted by molar-refractivity contribution is 5.85. The van der Waals surface area contributed by atoms with Gasteiger partial charge in [0.25, 0.3) is 0 Å². The molecular formula is C15H31ClN2O2. The topological polar surface area (TPSA) is 41.6 Å². The van der Waals surface area contributed by atoms with Crippen molar-refractivity contribution in [2.45, 2.75) is 45.4 Å². The maximum atomic E-state index is 12.2. The van der Waals surface area contributed by atoms with E-state index in [1.807, 2.05) is 0 Å². The lowest BCUT2D eigenvalue weighted by Gasteiger charge is -2.29. The van der Waals surface area contributed by atoms with Gasteiger partial charge in [0.15, 0.2) is 0 Å². The minimum Gasteiger partial charge on any atom is -0.383 e. The number of carbonyl (C=O) groups excluding carboxylic acids is 1. The van der Waals surface area contributed by atoms with E-state index in [0.29, 0.717) is 13.2 Å². The number of nitrogens with zero attached hydrogens (tertiary/aromatic N) is 1. The first-order valence-corrected chi connectivity index (χ1v) is 7.75. The fourth-order valence-corrected chi connectivity index (χ4v) is 2.75. The van der Waals surface area contributed by atoms with Gasteiger partial charge in [-0.05, 0) is 25.2 Å². The molecule has 0 unspecified atom stereocenters. The van der Waals surface area contributed by atoms with Gasteiger partial charge in [0, 0.05) is 26.7 Å². The molecule has 1 amide bonds. The van der Waals surface area contributed by atoms with Crippen molar-refractivity contribution in [1.82, 2.24) is 10.2 Å². The Morgan fingerprint density at radius 2 is 2.00 bits per heavy atom. The summed E-state index contributed by atoms with van der Waals surface area (Å²) in [5.41, 5.74) is 0. The van der Waals surface area contributed by atoms with E-state index in [0.717, 1.165) is 32.0 Å². The van der Waals surface area contributed by atoms with Crippen LogP contribution in [0.5, 0.6) is 0 Å². The molecule has 1 rings (SSSR count). The van der Waals surface area contributed by atoms with Gasteiger partial charge in [-0.1, -0.05) is 26.2 Å². The third-order valence-corrected chi connectivity index (χ3v) is 3.81. The van der Waals surface area contributed by atoms with E-state index in [1.54, 1.807) is 7.11 Å². The summed E-state index contributed by atoms with van der Waals surface area (Å²) in [6.07, 6.45) is 7.68. The molecule has 1 saturated carbocycles. The Labute approximate surface area is 130 Å². The van der Waals surface area contributed by atoms with Crippen LogP contribution in [0.25, 0.3) is 0 Å². The molecule has 0 bridgehead atoms. The molecule has 120 valence electrons. The van der Waals surface area contributed by atoms with Gasteiger partial charge in [0.1, 0.15) is 0 Å². The molecule has 0 aliphatic heterocycles. The van der Waals surface area contributed by atoms with Crippen LogP contribution >= 0.6 is 12.4 Å². The lowest BCUT2D eigenvalue weighted by molar-refractivity contribution is -0.131. The van der Waals surface area contributed by atoms with Crippen molar-refractivity contribution in [3.8, 4) is 0 Å². The number of hydrogen-bond acceptors (Lipinski definition) is 3. The van der Waals surface area contributed by atoms with Crippen LogP contribution in [0.15, 0.2) is 0 Å². The quantitative estimate of drug-likeness (QED) is 0.665. The summed E-state index contributed by atoms with van der Waals surface area (Å²) >= 11 is 0. The molecule has 0 spiro atoms. The molecule has 0 radical (unpaired) electrons. The standard InChI is InChI=1S/C15H30N2O2.ClH/c1-3-10-17(13-14-7-5-4-6-8-14)15(18)12-16-9-11-19-2;/h14,16H,3-13H2,1-2H3;1H. The molecule has 1 aliphatic rings. The van der Waals surface area contributed by atoms with Crippen molar-refractivity contribution in [1.29, 1.82) is 0 Å².